The number of benzene rings is 1. The van der Waals surface area contributed by atoms with Crippen LogP contribution < -0.4 is 5.32 Å². The average molecular weight is 293 g/mol. The Hall–Kier alpha value is -1.81. The van der Waals surface area contributed by atoms with Crippen LogP contribution >= 0.6 is 11.6 Å². The standard InChI is InChI=1S/C15H17ClN2O2/c1-15(2,9-11-4-3-5-12(16)8-11)14(19)17-10-13-6-7-20-18-13/h3-8H,9-10H2,1-2H3,(H,17,19). The fourth-order valence-corrected chi connectivity index (χ4v) is 2.19. The van der Waals surface area contributed by atoms with Crippen molar-refractivity contribution in [2.24, 2.45) is 5.41 Å². The summed E-state index contributed by atoms with van der Waals surface area (Å²) in [5.41, 5.74) is 1.23. The van der Waals surface area contributed by atoms with Crippen LogP contribution in [0.15, 0.2) is 41.1 Å². The molecule has 0 aliphatic rings. The summed E-state index contributed by atoms with van der Waals surface area (Å²) < 4.78 is 4.73. The Balaban J connectivity index is 1.96. The van der Waals surface area contributed by atoms with Crippen molar-refractivity contribution in [2.75, 3.05) is 0 Å². The van der Waals surface area contributed by atoms with E-state index in [-0.39, 0.29) is 5.91 Å². The van der Waals surface area contributed by atoms with Crippen LogP contribution in [-0.4, -0.2) is 11.1 Å². The molecule has 0 aliphatic heterocycles. The summed E-state index contributed by atoms with van der Waals surface area (Å²) in [6, 6.07) is 9.29. The number of carbonyl (C=O) groups is 1. The van der Waals surface area contributed by atoms with Crippen LogP contribution in [0.2, 0.25) is 5.02 Å². The van der Waals surface area contributed by atoms with Gasteiger partial charge in [-0.2, -0.15) is 0 Å². The molecule has 0 spiro atoms. The van der Waals surface area contributed by atoms with E-state index in [1.165, 1.54) is 6.26 Å². The summed E-state index contributed by atoms with van der Waals surface area (Å²) in [6.07, 6.45) is 2.11. The molecule has 1 aromatic heterocycles. The van der Waals surface area contributed by atoms with E-state index < -0.39 is 5.41 Å². The van der Waals surface area contributed by atoms with E-state index in [1.807, 2.05) is 38.1 Å². The zero-order valence-electron chi connectivity index (χ0n) is 11.5. The van der Waals surface area contributed by atoms with Gasteiger partial charge >= 0.3 is 0 Å². The molecule has 0 radical (unpaired) electrons. The Kier molecular flexibility index (Phi) is 4.45. The summed E-state index contributed by atoms with van der Waals surface area (Å²) in [5.74, 6) is -0.0273. The Bertz CT molecular complexity index is 579. The van der Waals surface area contributed by atoms with Gasteiger partial charge in [-0.05, 0) is 24.1 Å². The molecule has 0 bridgehead atoms. The van der Waals surface area contributed by atoms with Gasteiger partial charge in [0.2, 0.25) is 5.91 Å². The van der Waals surface area contributed by atoms with Crippen LogP contribution in [0.1, 0.15) is 25.1 Å². The first-order chi connectivity index (χ1) is 9.47. The van der Waals surface area contributed by atoms with Gasteiger partial charge < -0.3 is 9.84 Å². The summed E-state index contributed by atoms with van der Waals surface area (Å²) in [5, 5.41) is 7.31. The summed E-state index contributed by atoms with van der Waals surface area (Å²) >= 11 is 5.96. The van der Waals surface area contributed by atoms with E-state index in [2.05, 4.69) is 10.5 Å². The van der Waals surface area contributed by atoms with Gasteiger partial charge in [0.05, 0.1) is 6.54 Å². The smallest absolute Gasteiger partial charge is 0.226 e. The number of carbonyl (C=O) groups excluding carboxylic acids is 1. The molecule has 0 saturated heterocycles. The first-order valence-corrected chi connectivity index (χ1v) is 6.77. The van der Waals surface area contributed by atoms with Gasteiger partial charge in [0.25, 0.3) is 0 Å². The van der Waals surface area contributed by atoms with Crippen LogP contribution in [0.3, 0.4) is 0 Å². The van der Waals surface area contributed by atoms with Crippen LogP contribution in [0.25, 0.3) is 0 Å². The maximum Gasteiger partial charge on any atom is 0.226 e. The molecule has 5 heteroatoms. The minimum Gasteiger partial charge on any atom is -0.364 e. The zero-order valence-corrected chi connectivity index (χ0v) is 12.3. The Morgan fingerprint density at radius 3 is 2.85 bits per heavy atom. The predicted octanol–water partition coefficient (Wildman–Crippen LogP) is 3.21. The van der Waals surface area contributed by atoms with E-state index in [0.29, 0.717) is 23.7 Å². The van der Waals surface area contributed by atoms with Crippen molar-refractivity contribution in [1.29, 1.82) is 0 Å². The Morgan fingerprint density at radius 1 is 1.40 bits per heavy atom. The first kappa shape index (κ1) is 14.6. The largest absolute Gasteiger partial charge is 0.364 e. The minimum atomic E-state index is -0.519. The van der Waals surface area contributed by atoms with Crippen LogP contribution in [-0.2, 0) is 17.8 Å². The fourth-order valence-electron chi connectivity index (χ4n) is 1.98. The SMILES string of the molecule is CC(C)(Cc1cccc(Cl)c1)C(=O)NCc1ccon1. The van der Waals surface area contributed by atoms with Crippen molar-refractivity contribution in [2.45, 2.75) is 26.8 Å². The molecule has 2 aromatic rings. The molecule has 0 aliphatic carbocycles. The Morgan fingerprint density at radius 2 is 2.20 bits per heavy atom. The highest BCUT2D eigenvalue weighted by Crippen LogP contribution is 2.23. The van der Waals surface area contributed by atoms with Gasteiger partial charge in [0, 0.05) is 16.5 Å². The molecule has 4 nitrogen and oxygen atoms in total. The Labute approximate surface area is 123 Å². The number of hydrogen-bond donors (Lipinski definition) is 1. The number of nitrogens with zero attached hydrogens (tertiary/aromatic N) is 1. The number of hydrogen-bond acceptors (Lipinski definition) is 3. The monoisotopic (exact) mass is 292 g/mol. The number of nitrogens with one attached hydrogen (secondary N) is 1. The van der Waals surface area contributed by atoms with Crippen molar-refractivity contribution >= 4 is 17.5 Å². The van der Waals surface area contributed by atoms with Crippen molar-refractivity contribution < 1.29 is 9.32 Å². The van der Waals surface area contributed by atoms with Crippen LogP contribution in [0.4, 0.5) is 0 Å². The average Bonchev–Trinajstić information content (AvgIpc) is 2.88. The minimum absolute atomic E-state index is 0.0273. The molecule has 2 rings (SSSR count). The van der Waals surface area contributed by atoms with Gasteiger partial charge in [-0.25, -0.2) is 0 Å². The van der Waals surface area contributed by atoms with Crippen LogP contribution in [0.5, 0.6) is 0 Å². The highest BCUT2D eigenvalue weighted by atomic mass is 35.5. The lowest BCUT2D eigenvalue weighted by Crippen LogP contribution is -2.38. The molecule has 0 saturated carbocycles. The molecule has 0 atom stereocenters. The molecule has 0 fully saturated rings. The number of rotatable bonds is 5. The van der Waals surface area contributed by atoms with Gasteiger partial charge in [-0.15, -0.1) is 0 Å². The van der Waals surface area contributed by atoms with E-state index in [0.717, 1.165) is 5.56 Å². The third-order valence-corrected chi connectivity index (χ3v) is 3.31. The molecule has 20 heavy (non-hydrogen) atoms. The predicted molar refractivity (Wildman–Crippen MR) is 77.3 cm³/mol. The van der Waals surface area contributed by atoms with E-state index >= 15 is 0 Å². The molecule has 1 amide bonds. The lowest BCUT2D eigenvalue weighted by atomic mass is 9.85. The number of halogens is 1. The third-order valence-electron chi connectivity index (χ3n) is 3.07. The summed E-state index contributed by atoms with van der Waals surface area (Å²) in [4.78, 5) is 12.2. The lowest BCUT2D eigenvalue weighted by molar-refractivity contribution is -0.129. The molecular formula is C15H17ClN2O2. The second-order valence-corrected chi connectivity index (χ2v) is 5.80. The van der Waals surface area contributed by atoms with E-state index in [9.17, 15) is 4.79 Å². The van der Waals surface area contributed by atoms with Gasteiger partial charge in [0.1, 0.15) is 12.0 Å². The van der Waals surface area contributed by atoms with Crippen molar-refractivity contribution in [3.63, 3.8) is 0 Å². The quantitative estimate of drug-likeness (QED) is 0.920. The van der Waals surface area contributed by atoms with Crippen LogP contribution in [0, 0.1) is 5.41 Å². The lowest BCUT2D eigenvalue weighted by Gasteiger charge is -2.23. The summed E-state index contributed by atoms with van der Waals surface area (Å²) in [6.45, 7) is 4.19. The molecule has 106 valence electrons. The molecule has 1 heterocycles. The molecule has 1 N–H and O–H groups in total. The topological polar surface area (TPSA) is 55.1 Å². The molecular weight excluding hydrogens is 276 g/mol. The van der Waals surface area contributed by atoms with E-state index in [1.54, 1.807) is 6.07 Å². The first-order valence-electron chi connectivity index (χ1n) is 6.39. The molecule has 0 unspecified atom stereocenters. The number of aromatic nitrogens is 1. The van der Waals surface area contributed by atoms with Crippen molar-refractivity contribution in [3.05, 3.63) is 52.9 Å². The normalized spacial score (nSPS) is 11.3. The second kappa shape index (κ2) is 6.09. The van der Waals surface area contributed by atoms with Crippen molar-refractivity contribution in [3.8, 4) is 0 Å². The van der Waals surface area contributed by atoms with Gasteiger partial charge in [-0.3, -0.25) is 4.79 Å². The fraction of sp³-hybridized carbons (Fsp3) is 0.333. The maximum absolute atomic E-state index is 12.2. The molecule has 1 aromatic carbocycles. The maximum atomic E-state index is 12.2. The van der Waals surface area contributed by atoms with E-state index in [4.69, 9.17) is 16.1 Å². The number of amides is 1. The highest BCUT2D eigenvalue weighted by Gasteiger charge is 2.27. The third kappa shape index (κ3) is 3.84. The van der Waals surface area contributed by atoms with Gasteiger partial charge in [0.15, 0.2) is 0 Å². The summed E-state index contributed by atoms with van der Waals surface area (Å²) in [7, 11) is 0. The second-order valence-electron chi connectivity index (χ2n) is 5.36. The van der Waals surface area contributed by atoms with Gasteiger partial charge in [-0.1, -0.05) is 42.7 Å². The highest BCUT2D eigenvalue weighted by molar-refractivity contribution is 6.30. The zero-order chi connectivity index (χ0) is 14.6. The van der Waals surface area contributed by atoms with Crippen molar-refractivity contribution in [1.82, 2.24) is 10.5 Å².